The van der Waals surface area contributed by atoms with E-state index in [9.17, 15) is 9.59 Å². The molecule has 3 unspecified atom stereocenters. The summed E-state index contributed by atoms with van der Waals surface area (Å²) in [7, 11) is 1.63. The number of carbonyl (C=O) groups excluding carboxylic acids is 2. The van der Waals surface area contributed by atoms with E-state index in [1.54, 1.807) is 7.05 Å². The molecule has 7 heteroatoms. The van der Waals surface area contributed by atoms with Gasteiger partial charge in [-0.15, -0.1) is 0 Å². The van der Waals surface area contributed by atoms with Crippen molar-refractivity contribution in [3.05, 3.63) is 71.6 Å². The topological polar surface area (TPSA) is 97.1 Å². The molecule has 2 N–H and O–H groups in total. The third-order valence-corrected chi connectivity index (χ3v) is 5.93. The van der Waals surface area contributed by atoms with Gasteiger partial charge in [-0.05, 0) is 30.9 Å². The molecule has 1 heterocycles. The maximum absolute atomic E-state index is 12.8. The van der Waals surface area contributed by atoms with Gasteiger partial charge in [-0.3, -0.25) is 9.59 Å². The molecule has 1 aliphatic rings. The van der Waals surface area contributed by atoms with Gasteiger partial charge in [0.15, 0.2) is 0 Å². The summed E-state index contributed by atoms with van der Waals surface area (Å²) in [5.41, 5.74) is 2.92. The molecular formula is C24H26N4O3. The number of aromatic nitrogens is 2. The van der Waals surface area contributed by atoms with Crippen molar-refractivity contribution in [2.24, 2.45) is 5.92 Å². The minimum Gasteiger partial charge on any atom is -0.359 e. The highest BCUT2D eigenvalue weighted by atomic mass is 16.5. The first-order valence-corrected chi connectivity index (χ1v) is 10.5. The number of nitrogens with one attached hydrogen (secondary N) is 2. The number of hydrogen-bond acceptors (Lipinski definition) is 5. The molecule has 3 atom stereocenters. The Labute approximate surface area is 181 Å². The number of benzene rings is 2. The fourth-order valence-electron chi connectivity index (χ4n) is 4.22. The van der Waals surface area contributed by atoms with Gasteiger partial charge in [-0.1, -0.05) is 59.8 Å². The van der Waals surface area contributed by atoms with E-state index < -0.39 is 0 Å². The van der Waals surface area contributed by atoms with E-state index >= 15 is 0 Å². The Balaban J connectivity index is 1.53. The van der Waals surface area contributed by atoms with Gasteiger partial charge in [-0.2, -0.15) is 4.98 Å². The number of carbonyl (C=O) groups is 2. The summed E-state index contributed by atoms with van der Waals surface area (Å²) in [5, 5.41) is 9.94. The fourth-order valence-corrected chi connectivity index (χ4v) is 4.22. The van der Waals surface area contributed by atoms with Crippen molar-refractivity contribution in [1.29, 1.82) is 0 Å². The molecular weight excluding hydrogens is 392 g/mol. The highest BCUT2D eigenvalue weighted by Crippen LogP contribution is 2.38. The second-order valence-corrected chi connectivity index (χ2v) is 7.99. The van der Waals surface area contributed by atoms with Crippen LogP contribution in [-0.2, 0) is 16.0 Å². The number of nitrogens with zero attached hydrogens (tertiary/aromatic N) is 2. The second-order valence-electron chi connectivity index (χ2n) is 7.99. The van der Waals surface area contributed by atoms with Gasteiger partial charge in [0.25, 0.3) is 0 Å². The maximum Gasteiger partial charge on any atom is 0.232 e. The first-order chi connectivity index (χ1) is 15.0. The Bertz CT molecular complexity index is 1060. The lowest BCUT2D eigenvalue weighted by Gasteiger charge is -2.18. The summed E-state index contributed by atoms with van der Waals surface area (Å²) in [6.45, 7) is 1.99. The molecule has 0 bridgehead atoms. The van der Waals surface area contributed by atoms with Crippen molar-refractivity contribution < 1.29 is 14.1 Å². The molecule has 7 nitrogen and oxygen atoms in total. The van der Waals surface area contributed by atoms with Crippen LogP contribution in [0.25, 0.3) is 11.4 Å². The van der Waals surface area contributed by atoms with Crippen molar-refractivity contribution in [3.8, 4) is 11.4 Å². The Morgan fingerprint density at radius 3 is 2.55 bits per heavy atom. The van der Waals surface area contributed by atoms with Crippen LogP contribution < -0.4 is 10.6 Å². The summed E-state index contributed by atoms with van der Waals surface area (Å²) < 4.78 is 5.57. The van der Waals surface area contributed by atoms with Crippen LogP contribution in [-0.4, -0.2) is 35.0 Å². The first-order valence-electron chi connectivity index (χ1n) is 10.5. The minimum absolute atomic E-state index is 0.0385. The van der Waals surface area contributed by atoms with Gasteiger partial charge in [-0.25, -0.2) is 0 Å². The standard InChI is InChI=1S/C24H26N4O3/c1-15-8-6-7-11-17(15)14-21(29)26-20-13-18(23(30)25-2)12-19(20)24-27-22(28-31-24)16-9-4-3-5-10-16/h3-11,18-20H,12-14H2,1-2H3,(H,25,30)(H,26,29). The lowest BCUT2D eigenvalue weighted by Crippen LogP contribution is -2.38. The predicted molar refractivity (Wildman–Crippen MR) is 116 cm³/mol. The zero-order valence-corrected chi connectivity index (χ0v) is 17.7. The molecule has 1 saturated carbocycles. The van der Waals surface area contributed by atoms with Crippen LogP contribution in [0.1, 0.15) is 35.8 Å². The molecule has 0 saturated heterocycles. The van der Waals surface area contributed by atoms with Gasteiger partial charge in [0.1, 0.15) is 0 Å². The Kier molecular flexibility index (Phi) is 6.11. The SMILES string of the molecule is CNC(=O)C1CC(NC(=O)Cc2ccccc2C)C(c2nc(-c3ccccc3)no2)C1. The molecule has 3 aromatic rings. The third kappa shape index (κ3) is 4.66. The molecule has 1 aliphatic carbocycles. The van der Waals surface area contributed by atoms with E-state index in [0.717, 1.165) is 16.7 Å². The lowest BCUT2D eigenvalue weighted by molar-refractivity contribution is -0.125. The molecule has 1 aromatic heterocycles. The van der Waals surface area contributed by atoms with Crippen molar-refractivity contribution >= 4 is 11.8 Å². The largest absolute Gasteiger partial charge is 0.359 e. The van der Waals surface area contributed by atoms with Gasteiger partial charge in [0.05, 0.1) is 12.3 Å². The van der Waals surface area contributed by atoms with Gasteiger partial charge < -0.3 is 15.2 Å². The summed E-state index contributed by atoms with van der Waals surface area (Å²) >= 11 is 0. The zero-order chi connectivity index (χ0) is 21.8. The summed E-state index contributed by atoms with van der Waals surface area (Å²) in [6.07, 6.45) is 1.37. The third-order valence-electron chi connectivity index (χ3n) is 5.93. The molecule has 4 rings (SSSR count). The number of rotatable bonds is 6. The van der Waals surface area contributed by atoms with Gasteiger partial charge >= 0.3 is 0 Å². The number of hydrogen-bond donors (Lipinski definition) is 2. The molecule has 0 aliphatic heterocycles. The van der Waals surface area contributed by atoms with Gasteiger partial charge in [0.2, 0.25) is 23.5 Å². The highest BCUT2D eigenvalue weighted by Gasteiger charge is 2.42. The fraction of sp³-hybridized carbons (Fsp3) is 0.333. The van der Waals surface area contributed by atoms with E-state index in [-0.39, 0.29) is 29.7 Å². The van der Waals surface area contributed by atoms with Crippen LogP contribution in [0, 0.1) is 12.8 Å². The van der Waals surface area contributed by atoms with Crippen LogP contribution in [0.15, 0.2) is 59.1 Å². The van der Waals surface area contributed by atoms with Crippen molar-refractivity contribution in [1.82, 2.24) is 20.8 Å². The molecule has 31 heavy (non-hydrogen) atoms. The number of aryl methyl sites for hydroxylation is 1. The van der Waals surface area contributed by atoms with Crippen LogP contribution in [0.2, 0.25) is 0 Å². The van der Waals surface area contributed by atoms with E-state index in [2.05, 4.69) is 20.8 Å². The van der Waals surface area contributed by atoms with Crippen molar-refractivity contribution in [3.63, 3.8) is 0 Å². The van der Waals surface area contributed by atoms with Crippen LogP contribution in [0.5, 0.6) is 0 Å². The first kappa shape index (κ1) is 20.8. The Morgan fingerprint density at radius 2 is 1.81 bits per heavy atom. The molecule has 2 aromatic carbocycles. The molecule has 1 fully saturated rings. The minimum atomic E-state index is -0.247. The van der Waals surface area contributed by atoms with E-state index in [1.807, 2.05) is 61.5 Å². The number of amides is 2. The smallest absolute Gasteiger partial charge is 0.232 e. The van der Waals surface area contributed by atoms with E-state index in [1.165, 1.54) is 0 Å². The quantitative estimate of drug-likeness (QED) is 0.641. The molecule has 2 amide bonds. The van der Waals surface area contributed by atoms with E-state index in [0.29, 0.717) is 31.0 Å². The highest BCUT2D eigenvalue weighted by molar-refractivity contribution is 5.81. The normalized spacial score (nSPS) is 20.4. The summed E-state index contributed by atoms with van der Waals surface area (Å²) in [4.78, 5) is 29.7. The van der Waals surface area contributed by atoms with Crippen LogP contribution >= 0.6 is 0 Å². The zero-order valence-electron chi connectivity index (χ0n) is 17.7. The van der Waals surface area contributed by atoms with Crippen molar-refractivity contribution in [2.75, 3.05) is 7.05 Å². The van der Waals surface area contributed by atoms with Crippen molar-refractivity contribution in [2.45, 2.75) is 38.1 Å². The average molecular weight is 418 g/mol. The molecule has 160 valence electrons. The Hall–Kier alpha value is -3.48. The van der Waals surface area contributed by atoms with E-state index in [4.69, 9.17) is 4.52 Å². The molecule has 0 spiro atoms. The van der Waals surface area contributed by atoms with Crippen LogP contribution in [0.3, 0.4) is 0 Å². The summed E-state index contributed by atoms with van der Waals surface area (Å²) in [5.74, 6) is 0.405. The molecule has 0 radical (unpaired) electrons. The second kappa shape index (κ2) is 9.12. The van der Waals surface area contributed by atoms with Crippen LogP contribution in [0.4, 0.5) is 0 Å². The maximum atomic E-state index is 12.8. The van der Waals surface area contributed by atoms with Gasteiger partial charge in [0, 0.05) is 24.6 Å². The Morgan fingerprint density at radius 1 is 1.06 bits per heavy atom. The monoisotopic (exact) mass is 418 g/mol. The average Bonchev–Trinajstić information content (AvgIpc) is 3.43. The predicted octanol–water partition coefficient (Wildman–Crippen LogP) is 3.01. The lowest BCUT2D eigenvalue weighted by atomic mass is 10.0. The summed E-state index contributed by atoms with van der Waals surface area (Å²) in [6, 6.07) is 17.2.